The molecule has 2 heterocycles. The topological polar surface area (TPSA) is 33.2 Å². The van der Waals surface area contributed by atoms with E-state index < -0.39 is 0 Å². The van der Waals surface area contributed by atoms with E-state index in [1.54, 1.807) is 11.3 Å². The summed E-state index contributed by atoms with van der Waals surface area (Å²) in [5.41, 5.74) is -0.292. The number of carbonyl (C=O) groups excluding carboxylic acids is 1. The lowest BCUT2D eigenvalue weighted by atomic mass is 9.94. The summed E-state index contributed by atoms with van der Waals surface area (Å²) in [7, 11) is 0. The maximum absolute atomic E-state index is 12.3. The van der Waals surface area contributed by atoms with Gasteiger partial charge < -0.3 is 4.90 Å². The van der Waals surface area contributed by atoms with Crippen LogP contribution in [0.5, 0.6) is 0 Å². The van der Waals surface area contributed by atoms with Gasteiger partial charge in [0.1, 0.15) is 5.01 Å². The zero-order chi connectivity index (χ0) is 11.8. The summed E-state index contributed by atoms with van der Waals surface area (Å²) in [4.78, 5) is 18.6. The van der Waals surface area contributed by atoms with Crippen molar-refractivity contribution in [3.63, 3.8) is 0 Å². The Balaban J connectivity index is 2.19. The number of rotatable bonds is 1. The van der Waals surface area contributed by atoms with Gasteiger partial charge in [0.2, 0.25) is 5.91 Å². The Hall–Kier alpha value is -0.900. The number of hydrogen-bond donors (Lipinski definition) is 0. The van der Waals surface area contributed by atoms with E-state index in [0.29, 0.717) is 0 Å². The van der Waals surface area contributed by atoms with E-state index in [9.17, 15) is 4.79 Å². The van der Waals surface area contributed by atoms with Crippen LogP contribution in [0.1, 0.15) is 44.7 Å². The van der Waals surface area contributed by atoms with Crippen molar-refractivity contribution < 1.29 is 4.79 Å². The average Bonchev–Trinajstić information content (AvgIpc) is 2.85. The van der Waals surface area contributed by atoms with Crippen LogP contribution in [-0.4, -0.2) is 22.3 Å². The Morgan fingerprint density at radius 1 is 1.56 bits per heavy atom. The molecule has 0 N–H and O–H groups in total. The van der Waals surface area contributed by atoms with E-state index in [1.807, 2.05) is 37.2 Å². The molecule has 0 radical (unpaired) electrons. The van der Waals surface area contributed by atoms with E-state index in [2.05, 4.69) is 4.98 Å². The van der Waals surface area contributed by atoms with Crippen molar-refractivity contribution in [1.82, 2.24) is 9.88 Å². The molecule has 88 valence electrons. The number of carbonyl (C=O) groups is 1. The maximum atomic E-state index is 12.3. The second-order valence-corrected chi connectivity index (χ2v) is 6.20. The molecule has 2 rings (SSSR count). The van der Waals surface area contributed by atoms with E-state index in [4.69, 9.17) is 0 Å². The number of nitrogens with zero attached hydrogens (tertiary/aromatic N) is 2. The highest BCUT2D eigenvalue weighted by Crippen LogP contribution is 2.35. The standard InChI is InChI=1S/C12H18N2OS/c1-12(2,3)11(15)14-7-4-5-9(14)10-13-6-8-16-10/h6,8-9H,4-5,7H2,1-3H3. The van der Waals surface area contributed by atoms with Gasteiger partial charge in [-0.2, -0.15) is 0 Å². The third-order valence-electron chi connectivity index (χ3n) is 2.89. The van der Waals surface area contributed by atoms with Crippen molar-refractivity contribution in [3.05, 3.63) is 16.6 Å². The molecular weight excluding hydrogens is 220 g/mol. The van der Waals surface area contributed by atoms with Crippen LogP contribution < -0.4 is 0 Å². The number of likely N-dealkylation sites (tertiary alicyclic amines) is 1. The highest BCUT2D eigenvalue weighted by atomic mass is 32.1. The van der Waals surface area contributed by atoms with Crippen molar-refractivity contribution in [3.8, 4) is 0 Å². The number of thiazole rings is 1. The van der Waals surface area contributed by atoms with Gasteiger partial charge in [-0.1, -0.05) is 20.8 Å². The molecule has 4 heteroatoms. The van der Waals surface area contributed by atoms with Crippen LogP contribution in [0.3, 0.4) is 0 Å². The fourth-order valence-corrected chi connectivity index (χ4v) is 2.88. The summed E-state index contributed by atoms with van der Waals surface area (Å²) in [6, 6.07) is 0.215. The van der Waals surface area contributed by atoms with Crippen LogP contribution in [0.25, 0.3) is 0 Å². The number of hydrogen-bond acceptors (Lipinski definition) is 3. The van der Waals surface area contributed by atoms with Crippen LogP contribution in [0, 0.1) is 5.41 Å². The van der Waals surface area contributed by atoms with Crippen LogP contribution in [-0.2, 0) is 4.79 Å². The Labute approximate surface area is 100 Å². The first-order valence-corrected chi connectivity index (χ1v) is 6.58. The summed E-state index contributed by atoms with van der Waals surface area (Å²) in [6.07, 6.45) is 3.96. The van der Waals surface area contributed by atoms with E-state index in [1.165, 1.54) is 0 Å². The van der Waals surface area contributed by atoms with Gasteiger partial charge in [-0.3, -0.25) is 4.79 Å². The predicted molar refractivity (Wildman–Crippen MR) is 65.3 cm³/mol. The highest BCUT2D eigenvalue weighted by Gasteiger charge is 2.36. The molecule has 0 saturated carbocycles. The minimum atomic E-state index is -0.292. The molecule has 1 amide bonds. The molecule has 1 unspecified atom stereocenters. The van der Waals surface area contributed by atoms with Gasteiger partial charge >= 0.3 is 0 Å². The third-order valence-corrected chi connectivity index (χ3v) is 3.77. The first-order chi connectivity index (χ1) is 7.50. The van der Waals surface area contributed by atoms with Gasteiger partial charge in [-0.25, -0.2) is 4.98 Å². The summed E-state index contributed by atoms with van der Waals surface area (Å²) >= 11 is 1.65. The minimum absolute atomic E-state index is 0.215. The van der Waals surface area contributed by atoms with Gasteiger partial charge in [0.15, 0.2) is 0 Å². The fraction of sp³-hybridized carbons (Fsp3) is 0.667. The average molecular weight is 238 g/mol. The SMILES string of the molecule is CC(C)(C)C(=O)N1CCCC1c1nccs1. The summed E-state index contributed by atoms with van der Waals surface area (Å²) < 4.78 is 0. The minimum Gasteiger partial charge on any atom is -0.333 e. The van der Waals surface area contributed by atoms with Crippen LogP contribution in [0.15, 0.2) is 11.6 Å². The molecule has 1 atom stereocenters. The van der Waals surface area contributed by atoms with Gasteiger partial charge in [0.25, 0.3) is 0 Å². The fourth-order valence-electron chi connectivity index (χ4n) is 2.10. The lowest BCUT2D eigenvalue weighted by Crippen LogP contribution is -2.38. The second-order valence-electron chi connectivity index (χ2n) is 5.28. The lowest BCUT2D eigenvalue weighted by molar-refractivity contribution is -0.140. The Kier molecular flexibility index (Phi) is 3.02. The normalized spacial score (nSPS) is 21.4. The van der Waals surface area contributed by atoms with Crippen molar-refractivity contribution in [2.75, 3.05) is 6.54 Å². The highest BCUT2D eigenvalue weighted by molar-refractivity contribution is 7.09. The molecule has 1 fully saturated rings. The van der Waals surface area contributed by atoms with Gasteiger partial charge in [-0.05, 0) is 12.8 Å². The van der Waals surface area contributed by atoms with Crippen LogP contribution in [0.4, 0.5) is 0 Å². The molecule has 3 nitrogen and oxygen atoms in total. The Morgan fingerprint density at radius 2 is 2.31 bits per heavy atom. The summed E-state index contributed by atoms with van der Waals surface area (Å²) in [6.45, 7) is 6.81. The van der Waals surface area contributed by atoms with Gasteiger partial charge in [-0.15, -0.1) is 11.3 Å². The molecule has 1 aromatic heterocycles. The first-order valence-electron chi connectivity index (χ1n) is 5.70. The number of amides is 1. The monoisotopic (exact) mass is 238 g/mol. The molecule has 1 aromatic rings. The van der Waals surface area contributed by atoms with Crippen molar-refractivity contribution in [1.29, 1.82) is 0 Å². The predicted octanol–water partition coefficient (Wildman–Crippen LogP) is 2.85. The molecule has 0 bridgehead atoms. The molecule has 1 aliphatic rings. The molecule has 1 aliphatic heterocycles. The van der Waals surface area contributed by atoms with Crippen LogP contribution in [0.2, 0.25) is 0 Å². The van der Waals surface area contributed by atoms with Crippen molar-refractivity contribution in [2.45, 2.75) is 39.7 Å². The number of aromatic nitrogens is 1. The zero-order valence-corrected chi connectivity index (χ0v) is 10.9. The smallest absolute Gasteiger partial charge is 0.228 e. The van der Waals surface area contributed by atoms with Gasteiger partial charge in [0, 0.05) is 23.5 Å². The Morgan fingerprint density at radius 3 is 2.88 bits per heavy atom. The van der Waals surface area contributed by atoms with Crippen molar-refractivity contribution in [2.24, 2.45) is 5.41 Å². The van der Waals surface area contributed by atoms with Crippen molar-refractivity contribution >= 4 is 17.2 Å². The molecule has 1 saturated heterocycles. The lowest BCUT2D eigenvalue weighted by Gasteiger charge is -2.29. The first kappa shape index (κ1) is 11.6. The quantitative estimate of drug-likeness (QED) is 0.753. The van der Waals surface area contributed by atoms with E-state index >= 15 is 0 Å². The summed E-state index contributed by atoms with van der Waals surface area (Å²) in [5, 5.41) is 3.06. The second kappa shape index (κ2) is 4.17. The molecular formula is C12H18N2OS. The molecule has 0 aromatic carbocycles. The molecule has 16 heavy (non-hydrogen) atoms. The summed E-state index contributed by atoms with van der Waals surface area (Å²) in [5.74, 6) is 0.241. The third kappa shape index (κ3) is 2.12. The molecule has 0 spiro atoms. The maximum Gasteiger partial charge on any atom is 0.228 e. The van der Waals surface area contributed by atoms with E-state index in [-0.39, 0.29) is 17.4 Å². The zero-order valence-electron chi connectivity index (χ0n) is 10.1. The van der Waals surface area contributed by atoms with Gasteiger partial charge in [0.05, 0.1) is 6.04 Å². The van der Waals surface area contributed by atoms with Crippen LogP contribution >= 0.6 is 11.3 Å². The van der Waals surface area contributed by atoms with E-state index in [0.717, 1.165) is 24.4 Å². The Bertz CT molecular complexity index is 367. The molecule has 0 aliphatic carbocycles. The largest absolute Gasteiger partial charge is 0.333 e.